The number of hydrogen-bond acceptors (Lipinski definition) is 2. The normalized spacial score (nSPS) is 9.64. The Labute approximate surface area is 66.9 Å². The molecule has 0 saturated carbocycles. The molecule has 2 N–H and O–H groups in total. The first-order valence-corrected chi connectivity index (χ1v) is 3.77. The summed E-state index contributed by atoms with van der Waals surface area (Å²) in [4.78, 5) is 0. The summed E-state index contributed by atoms with van der Waals surface area (Å²) >= 11 is 0. The van der Waals surface area contributed by atoms with Crippen molar-refractivity contribution in [2.75, 3.05) is 12.4 Å². The third-order valence-corrected chi connectivity index (χ3v) is 1.67. The van der Waals surface area contributed by atoms with Crippen molar-refractivity contribution in [3.8, 4) is 5.75 Å². The van der Waals surface area contributed by atoms with Crippen LogP contribution in [0.25, 0.3) is 0 Å². The highest BCUT2D eigenvalue weighted by molar-refractivity contribution is 5.50. The van der Waals surface area contributed by atoms with Crippen molar-refractivity contribution in [1.29, 1.82) is 0 Å². The summed E-state index contributed by atoms with van der Waals surface area (Å²) in [6.45, 7) is 2.06. The molecule has 0 aliphatic rings. The Kier molecular flexibility index (Phi) is 2.36. The van der Waals surface area contributed by atoms with Gasteiger partial charge in [0.15, 0.2) is 0 Å². The molecule has 0 atom stereocenters. The molecule has 0 aliphatic heterocycles. The summed E-state index contributed by atoms with van der Waals surface area (Å²) in [6, 6.07) is 5.51. The molecule has 1 aromatic carbocycles. The molecule has 0 aromatic heterocycles. The van der Waals surface area contributed by atoms with Crippen LogP contribution in [0.1, 0.15) is 12.5 Å². The smallest absolute Gasteiger partial charge is 0.117 e. The Bertz CT molecular complexity index is 223. The summed E-state index contributed by atoms with van der Waals surface area (Å²) in [6.07, 6.45) is 0.948. The first-order chi connectivity index (χ1) is 5.26. The first kappa shape index (κ1) is 7.92. The average molecular weight is 151 g/mol. The highest BCUT2D eigenvalue weighted by Gasteiger charge is 1.95. The molecule has 60 valence electrons. The molecule has 0 aliphatic carbocycles. The fourth-order valence-corrected chi connectivity index (χ4v) is 1.02. The van der Waals surface area contributed by atoms with Gasteiger partial charge in [-0.05, 0) is 24.1 Å². The van der Waals surface area contributed by atoms with E-state index in [2.05, 4.69) is 12.2 Å². The van der Waals surface area contributed by atoms with Gasteiger partial charge in [-0.3, -0.25) is 0 Å². The van der Waals surface area contributed by atoms with E-state index >= 15 is 0 Å². The largest absolute Gasteiger partial charge is 0.508 e. The Balaban J connectivity index is 3.02. The zero-order valence-electron chi connectivity index (χ0n) is 6.89. The van der Waals surface area contributed by atoms with Crippen LogP contribution in [0.2, 0.25) is 0 Å². The predicted molar refractivity (Wildman–Crippen MR) is 47.0 cm³/mol. The Morgan fingerprint density at radius 3 is 2.64 bits per heavy atom. The van der Waals surface area contributed by atoms with Crippen molar-refractivity contribution >= 4 is 5.69 Å². The van der Waals surface area contributed by atoms with Crippen LogP contribution < -0.4 is 5.32 Å². The zero-order chi connectivity index (χ0) is 8.27. The van der Waals surface area contributed by atoms with E-state index in [1.165, 1.54) is 0 Å². The summed E-state index contributed by atoms with van der Waals surface area (Å²) in [5.74, 6) is 0.328. The molecule has 11 heavy (non-hydrogen) atoms. The summed E-state index contributed by atoms with van der Waals surface area (Å²) in [5.41, 5.74) is 2.11. The van der Waals surface area contributed by atoms with Crippen molar-refractivity contribution in [3.05, 3.63) is 23.8 Å². The number of anilines is 1. The first-order valence-electron chi connectivity index (χ1n) is 3.77. The lowest BCUT2D eigenvalue weighted by molar-refractivity contribution is 0.475. The molecule has 0 spiro atoms. The van der Waals surface area contributed by atoms with Crippen LogP contribution in [0.5, 0.6) is 5.75 Å². The topological polar surface area (TPSA) is 32.3 Å². The van der Waals surface area contributed by atoms with E-state index in [4.69, 9.17) is 0 Å². The van der Waals surface area contributed by atoms with Gasteiger partial charge in [0.25, 0.3) is 0 Å². The highest BCUT2D eigenvalue weighted by Crippen LogP contribution is 2.19. The third kappa shape index (κ3) is 1.87. The van der Waals surface area contributed by atoms with Gasteiger partial charge < -0.3 is 10.4 Å². The number of nitrogens with one attached hydrogen (secondary N) is 1. The maximum absolute atomic E-state index is 9.22. The summed E-state index contributed by atoms with van der Waals surface area (Å²) < 4.78 is 0. The quantitative estimate of drug-likeness (QED) is 0.677. The monoisotopic (exact) mass is 151 g/mol. The lowest BCUT2D eigenvalue weighted by atomic mass is 10.1. The van der Waals surface area contributed by atoms with Gasteiger partial charge in [-0.1, -0.05) is 6.92 Å². The van der Waals surface area contributed by atoms with Gasteiger partial charge in [0, 0.05) is 18.8 Å². The van der Waals surface area contributed by atoms with E-state index < -0.39 is 0 Å². The summed E-state index contributed by atoms with van der Waals surface area (Å²) in [5, 5.41) is 12.2. The van der Waals surface area contributed by atoms with E-state index in [9.17, 15) is 5.11 Å². The molecule has 2 heteroatoms. The predicted octanol–water partition coefficient (Wildman–Crippen LogP) is 2.00. The second-order valence-electron chi connectivity index (χ2n) is 2.49. The van der Waals surface area contributed by atoms with Gasteiger partial charge in [0.2, 0.25) is 0 Å². The number of aryl methyl sites for hydroxylation is 1. The minimum absolute atomic E-state index is 0.328. The second kappa shape index (κ2) is 3.28. The third-order valence-electron chi connectivity index (χ3n) is 1.67. The Morgan fingerprint density at radius 1 is 1.36 bits per heavy atom. The molecule has 1 rings (SSSR count). The van der Waals surface area contributed by atoms with Gasteiger partial charge in [0.1, 0.15) is 5.75 Å². The minimum atomic E-state index is 0.328. The van der Waals surface area contributed by atoms with Gasteiger partial charge in [0.05, 0.1) is 0 Å². The molecular weight excluding hydrogens is 138 g/mol. The van der Waals surface area contributed by atoms with E-state index in [1.54, 1.807) is 12.1 Å². The van der Waals surface area contributed by atoms with E-state index in [0.717, 1.165) is 17.7 Å². The van der Waals surface area contributed by atoms with Crippen LogP contribution in [0, 0.1) is 0 Å². The number of phenols is 1. The van der Waals surface area contributed by atoms with E-state index in [-0.39, 0.29) is 0 Å². The van der Waals surface area contributed by atoms with Crippen molar-refractivity contribution in [3.63, 3.8) is 0 Å². The fourth-order valence-electron chi connectivity index (χ4n) is 1.02. The van der Waals surface area contributed by atoms with Crippen molar-refractivity contribution in [1.82, 2.24) is 0 Å². The molecule has 0 bridgehead atoms. The Morgan fingerprint density at radius 2 is 2.09 bits per heavy atom. The summed E-state index contributed by atoms with van der Waals surface area (Å²) in [7, 11) is 1.84. The molecule has 0 saturated heterocycles. The van der Waals surface area contributed by atoms with E-state index in [0.29, 0.717) is 5.75 Å². The zero-order valence-corrected chi connectivity index (χ0v) is 6.89. The van der Waals surface area contributed by atoms with Gasteiger partial charge in [-0.15, -0.1) is 0 Å². The number of rotatable bonds is 2. The standard InChI is InChI=1S/C9H13NO/c1-3-7-4-8(10-2)6-9(11)5-7/h4-6,10-11H,3H2,1-2H3. The molecule has 0 unspecified atom stereocenters. The van der Waals surface area contributed by atoms with Crippen molar-refractivity contribution in [2.45, 2.75) is 13.3 Å². The number of hydrogen-bond donors (Lipinski definition) is 2. The van der Waals surface area contributed by atoms with Gasteiger partial charge in [-0.2, -0.15) is 0 Å². The number of benzene rings is 1. The SMILES string of the molecule is CCc1cc(O)cc(NC)c1. The molecule has 0 fully saturated rings. The maximum Gasteiger partial charge on any atom is 0.117 e. The van der Waals surface area contributed by atoms with Crippen LogP contribution in [0.15, 0.2) is 18.2 Å². The van der Waals surface area contributed by atoms with Crippen LogP contribution in [0.3, 0.4) is 0 Å². The molecule has 0 amide bonds. The van der Waals surface area contributed by atoms with Crippen molar-refractivity contribution in [2.24, 2.45) is 0 Å². The molecule has 0 radical (unpaired) electrons. The Hall–Kier alpha value is -1.18. The minimum Gasteiger partial charge on any atom is -0.508 e. The number of phenolic OH excluding ortho intramolecular Hbond substituents is 1. The average Bonchev–Trinajstić information content (AvgIpc) is 2.03. The van der Waals surface area contributed by atoms with Gasteiger partial charge >= 0.3 is 0 Å². The van der Waals surface area contributed by atoms with E-state index in [1.807, 2.05) is 13.1 Å². The van der Waals surface area contributed by atoms with Gasteiger partial charge in [-0.25, -0.2) is 0 Å². The van der Waals surface area contributed by atoms with Crippen molar-refractivity contribution < 1.29 is 5.11 Å². The molecule has 1 aromatic rings. The lowest BCUT2D eigenvalue weighted by Gasteiger charge is -2.03. The molecular formula is C9H13NO. The fraction of sp³-hybridized carbons (Fsp3) is 0.333. The highest BCUT2D eigenvalue weighted by atomic mass is 16.3. The maximum atomic E-state index is 9.22. The van der Waals surface area contributed by atoms with Crippen LogP contribution >= 0.6 is 0 Å². The molecule has 0 heterocycles. The second-order valence-corrected chi connectivity index (χ2v) is 2.49. The lowest BCUT2D eigenvalue weighted by Crippen LogP contribution is -1.89. The molecule has 2 nitrogen and oxygen atoms in total. The van der Waals surface area contributed by atoms with Crippen LogP contribution in [-0.4, -0.2) is 12.2 Å². The number of aromatic hydroxyl groups is 1. The van der Waals surface area contributed by atoms with Crippen LogP contribution in [0.4, 0.5) is 5.69 Å². The van der Waals surface area contributed by atoms with Crippen LogP contribution in [-0.2, 0) is 6.42 Å².